The topological polar surface area (TPSA) is 251 Å². The van der Waals surface area contributed by atoms with E-state index in [1.807, 2.05) is 44.2 Å². The fraction of sp³-hybridized carbons (Fsp3) is 0.453. The van der Waals surface area contributed by atoms with E-state index in [0.717, 1.165) is 44.1 Å². The maximum Gasteiger partial charge on any atom is 0.328 e. The fourth-order valence-electron chi connectivity index (χ4n) is 8.35. The molecule has 71 heavy (non-hydrogen) atoms. The van der Waals surface area contributed by atoms with Crippen LogP contribution in [0.2, 0.25) is 0 Å². The number of hydrogen-bond donors (Lipinski definition) is 6. The molecule has 6 rings (SSSR count). The maximum atomic E-state index is 14.9. The van der Waals surface area contributed by atoms with Crippen LogP contribution in [0.25, 0.3) is 0 Å². The lowest BCUT2D eigenvalue weighted by Crippen LogP contribution is -2.58. The molecule has 4 amide bonds. The molecule has 0 aliphatic carbocycles. The summed E-state index contributed by atoms with van der Waals surface area (Å²) in [6, 6.07) is 17.6. The summed E-state index contributed by atoms with van der Waals surface area (Å²) in [4.78, 5) is 82.2. The molecule has 0 saturated carbocycles. The molecule has 5 atom stereocenters. The first-order valence-corrected chi connectivity index (χ1v) is 24.2. The smallest absolute Gasteiger partial charge is 0.328 e. The molecule has 18 heteroatoms. The Morgan fingerprint density at radius 1 is 0.859 bits per heavy atom. The van der Waals surface area contributed by atoms with E-state index in [0.29, 0.717) is 18.4 Å². The summed E-state index contributed by atoms with van der Waals surface area (Å²) in [7, 11) is 1.34. The average Bonchev–Trinajstić information content (AvgIpc) is 3.33. The quantitative estimate of drug-likeness (QED) is 0.0221. The number of carboxylic acid groups (broad SMARTS) is 1. The number of carboxylic acids is 1. The lowest BCUT2D eigenvalue weighted by atomic mass is 9.96. The van der Waals surface area contributed by atoms with Crippen LogP contribution >= 0.6 is 12.4 Å². The van der Waals surface area contributed by atoms with Gasteiger partial charge in [0.05, 0.1) is 24.1 Å². The highest BCUT2D eigenvalue weighted by molar-refractivity contribution is 5.94. The Morgan fingerprint density at radius 3 is 2.10 bits per heavy atom. The van der Waals surface area contributed by atoms with Crippen LogP contribution in [0.15, 0.2) is 91.0 Å². The monoisotopic (exact) mass is 1000 g/mol. The van der Waals surface area contributed by atoms with E-state index >= 15 is 0 Å². The highest BCUT2D eigenvalue weighted by Crippen LogP contribution is 2.45. The summed E-state index contributed by atoms with van der Waals surface area (Å²) >= 11 is 0. The molecule has 0 unspecified atom stereocenters. The second kappa shape index (κ2) is 28.8. The third kappa shape index (κ3) is 17.6. The number of carbonyl (C=O) groups is 5. The van der Waals surface area contributed by atoms with E-state index in [1.54, 1.807) is 30.3 Å². The van der Waals surface area contributed by atoms with E-state index in [4.69, 9.17) is 19.9 Å². The number of rotatable bonds is 24. The number of nitrogens with zero attached hydrogens (tertiary/aromatic N) is 1. The van der Waals surface area contributed by atoms with Crippen molar-refractivity contribution >= 4 is 47.7 Å². The number of nitro benzene ring substituents is 1. The van der Waals surface area contributed by atoms with Crippen molar-refractivity contribution in [3.05, 3.63) is 123 Å². The zero-order valence-electron chi connectivity index (χ0n) is 41.0. The molecule has 2 aliphatic heterocycles. The van der Waals surface area contributed by atoms with Crippen LogP contribution in [-0.4, -0.2) is 70.9 Å². The number of halogens is 1. The number of methoxy groups -OCH3 is 1. The van der Waals surface area contributed by atoms with Crippen LogP contribution < -0.4 is 41.2 Å². The summed E-state index contributed by atoms with van der Waals surface area (Å²) in [5.41, 5.74) is 7.43. The van der Waals surface area contributed by atoms with Gasteiger partial charge in [-0.2, -0.15) is 0 Å². The summed E-state index contributed by atoms with van der Waals surface area (Å²) in [6.45, 7) is 5.94. The van der Waals surface area contributed by atoms with Gasteiger partial charge in [-0.1, -0.05) is 139 Å². The van der Waals surface area contributed by atoms with Gasteiger partial charge in [-0.3, -0.25) is 29.3 Å². The van der Waals surface area contributed by atoms with E-state index in [1.165, 1.54) is 50.3 Å². The van der Waals surface area contributed by atoms with Crippen molar-refractivity contribution in [2.45, 2.75) is 141 Å². The fourth-order valence-corrected chi connectivity index (χ4v) is 8.35. The molecule has 0 fully saturated rings. The van der Waals surface area contributed by atoms with Gasteiger partial charge in [0.1, 0.15) is 18.7 Å². The van der Waals surface area contributed by atoms with Gasteiger partial charge in [-0.05, 0) is 59.2 Å². The van der Waals surface area contributed by atoms with Crippen molar-refractivity contribution in [2.24, 2.45) is 11.7 Å². The highest BCUT2D eigenvalue weighted by atomic mass is 35.5. The van der Waals surface area contributed by atoms with Gasteiger partial charge >= 0.3 is 11.7 Å². The number of carbonyl (C=O) groups excluding carboxylic acids is 4. The van der Waals surface area contributed by atoms with Gasteiger partial charge in [-0.25, -0.2) is 4.79 Å². The van der Waals surface area contributed by atoms with Gasteiger partial charge in [0.25, 0.3) is 0 Å². The molecule has 2 aliphatic rings. The van der Waals surface area contributed by atoms with Crippen molar-refractivity contribution in [2.75, 3.05) is 7.11 Å². The number of fused-ring (bicyclic) bond motifs is 9. The molecule has 4 bridgehead atoms. The second-order valence-corrected chi connectivity index (χ2v) is 18.2. The summed E-state index contributed by atoms with van der Waals surface area (Å²) in [6.07, 6.45) is 8.98. The van der Waals surface area contributed by atoms with E-state index < -0.39 is 70.4 Å². The number of hydrogen-bond acceptors (Lipinski definition) is 11. The Bertz CT molecular complexity index is 2390. The number of aliphatic carboxylic acids is 1. The highest BCUT2D eigenvalue weighted by Gasteiger charge is 2.37. The SMILES string of the molecule is CCCCCCCCCCCC(=O)N[C@@H](C(=O)O)[C@@H]1NC(=O)[C@@H](Cc2ccccc2)NC(=O)[C@@H](NC(=O)[C@H](N)CC(C)C)Cc2ccc(c([N+](=O)[O-])c2)Oc2cc1cc(OCc1ccccc1)c2OC.Cl. The number of ether oxygens (including phenoxy) is 3. The van der Waals surface area contributed by atoms with Gasteiger partial charge in [0, 0.05) is 25.3 Å². The Morgan fingerprint density at radius 2 is 1.49 bits per heavy atom. The van der Waals surface area contributed by atoms with E-state index in [2.05, 4.69) is 28.2 Å². The molecule has 0 radical (unpaired) electrons. The van der Waals surface area contributed by atoms with Gasteiger partial charge < -0.3 is 46.3 Å². The number of benzene rings is 4. The first-order valence-electron chi connectivity index (χ1n) is 24.2. The first-order chi connectivity index (χ1) is 33.7. The summed E-state index contributed by atoms with van der Waals surface area (Å²) in [5, 5.41) is 34.7. The molecule has 0 aromatic heterocycles. The molecule has 384 valence electrons. The van der Waals surface area contributed by atoms with Crippen LogP contribution in [0.3, 0.4) is 0 Å². The van der Waals surface area contributed by atoms with Gasteiger partial charge in [0.2, 0.25) is 35.1 Å². The Kier molecular flexibility index (Phi) is 23.1. The van der Waals surface area contributed by atoms with E-state index in [-0.39, 0.29) is 78.3 Å². The lowest BCUT2D eigenvalue weighted by Gasteiger charge is -2.30. The molecule has 4 aromatic carbocycles. The minimum Gasteiger partial charge on any atom is -0.490 e. The predicted octanol–water partition coefficient (Wildman–Crippen LogP) is 8.19. The van der Waals surface area contributed by atoms with Crippen LogP contribution in [0, 0.1) is 16.0 Å². The number of unbranched alkanes of at least 4 members (excludes halogenated alkanes) is 8. The standard InChI is InChI=1S/C53H68N6O11.ClH/c1-5-6-7-8-9-10-11-12-19-24-46(60)57-48(53(64)65)47-38-31-44(69-33-36-22-17-14-18-23-36)49(68-4)45(32-38)70-43-26-25-37(30-42(43)59(66)67)29-41(55-50(61)39(54)27-34(2)3)51(62)56-40(52(63)58-47)28-35-20-15-13-16-21-35;/h13-18,20-23,25-26,30-32,34,39-41,47-48H,5-12,19,24,27-29,33,54H2,1-4H3,(H,55,61)(H,56,62)(H,57,60)(H,58,63)(H,64,65);1H/t39-,40-,41+,47-,48-;/m1./s1. The van der Waals surface area contributed by atoms with Gasteiger partial charge in [0.15, 0.2) is 17.5 Å². The van der Waals surface area contributed by atoms with Crippen molar-refractivity contribution < 1.29 is 48.2 Å². The van der Waals surface area contributed by atoms with Crippen LogP contribution in [0.5, 0.6) is 23.0 Å². The van der Waals surface area contributed by atoms with Crippen molar-refractivity contribution in [3.8, 4) is 23.0 Å². The largest absolute Gasteiger partial charge is 0.490 e. The number of amides is 4. The molecule has 2 heterocycles. The molecule has 17 nitrogen and oxygen atoms in total. The molecular weight excluding hydrogens is 932 g/mol. The van der Waals surface area contributed by atoms with E-state index in [9.17, 15) is 39.2 Å². The van der Waals surface area contributed by atoms with Crippen molar-refractivity contribution in [3.63, 3.8) is 0 Å². The number of nitrogens with two attached hydrogens (primary N) is 1. The number of nitrogens with one attached hydrogen (secondary N) is 4. The van der Waals surface area contributed by atoms with Gasteiger partial charge in [-0.15, -0.1) is 12.4 Å². The lowest BCUT2D eigenvalue weighted by molar-refractivity contribution is -0.385. The van der Waals surface area contributed by atoms with Crippen molar-refractivity contribution in [1.82, 2.24) is 21.3 Å². The number of nitro groups is 1. The second-order valence-electron chi connectivity index (χ2n) is 18.2. The molecular formula is C53H69ClN6O11. The van der Waals surface area contributed by atoms with Crippen LogP contribution in [0.4, 0.5) is 5.69 Å². The van der Waals surface area contributed by atoms with Crippen molar-refractivity contribution in [1.29, 1.82) is 0 Å². The molecule has 7 N–H and O–H groups in total. The Hall–Kier alpha value is -6.72. The Balaban J connectivity index is 0.0000110. The summed E-state index contributed by atoms with van der Waals surface area (Å²) in [5.74, 6) is -4.74. The maximum absolute atomic E-state index is 14.9. The molecule has 4 aromatic rings. The first kappa shape index (κ1) is 56.9. The molecule has 0 spiro atoms. The minimum atomic E-state index is -1.81. The third-order valence-corrected chi connectivity index (χ3v) is 12.1. The van der Waals surface area contributed by atoms with Crippen LogP contribution in [-0.2, 0) is 43.4 Å². The molecule has 0 saturated heterocycles. The summed E-state index contributed by atoms with van der Waals surface area (Å²) < 4.78 is 18.4. The third-order valence-electron chi connectivity index (χ3n) is 12.1. The predicted molar refractivity (Wildman–Crippen MR) is 272 cm³/mol. The Labute approximate surface area is 421 Å². The average molecular weight is 1000 g/mol. The zero-order valence-corrected chi connectivity index (χ0v) is 41.8. The normalized spacial score (nSPS) is 16.6. The zero-order chi connectivity index (χ0) is 50.6. The minimum absolute atomic E-state index is 0. The van der Waals surface area contributed by atoms with Crippen LogP contribution in [0.1, 0.15) is 120 Å².